The van der Waals surface area contributed by atoms with E-state index in [0.717, 1.165) is 44.1 Å². The third-order valence-electron chi connectivity index (χ3n) is 12.3. The van der Waals surface area contributed by atoms with Crippen LogP contribution in [0.1, 0.15) is 0 Å². The van der Waals surface area contributed by atoms with Crippen molar-refractivity contribution in [3.05, 3.63) is 200 Å². The van der Waals surface area contributed by atoms with Crippen LogP contribution in [0.5, 0.6) is 0 Å². The Morgan fingerprint density at radius 2 is 0.600 bits per heavy atom. The van der Waals surface area contributed by atoms with E-state index < -0.39 is 0 Å². The van der Waals surface area contributed by atoms with Crippen LogP contribution in [0, 0.1) is 0 Å². The van der Waals surface area contributed by atoms with Crippen LogP contribution in [0.2, 0.25) is 0 Å². The van der Waals surface area contributed by atoms with E-state index in [4.69, 9.17) is 15.0 Å². The number of benzene rings is 10. The predicted molar refractivity (Wildman–Crippen MR) is 249 cm³/mol. The zero-order valence-electron chi connectivity index (χ0n) is 32.3. The van der Waals surface area contributed by atoms with Crippen LogP contribution in [-0.4, -0.2) is 24.1 Å². The summed E-state index contributed by atoms with van der Waals surface area (Å²) in [7, 11) is 0. The molecule has 0 saturated heterocycles. The molecule has 0 unspecified atom stereocenters. The summed E-state index contributed by atoms with van der Waals surface area (Å²) in [5.41, 5.74) is 7.32. The van der Waals surface area contributed by atoms with Crippen molar-refractivity contribution in [3.63, 3.8) is 0 Å². The van der Waals surface area contributed by atoms with Crippen molar-refractivity contribution in [2.24, 2.45) is 0 Å². The van der Waals surface area contributed by atoms with E-state index in [0.29, 0.717) is 17.6 Å². The van der Waals surface area contributed by atoms with E-state index in [9.17, 15) is 0 Å². The Bertz CT molecular complexity index is 3810. The maximum absolute atomic E-state index is 5.45. The highest BCUT2D eigenvalue weighted by Crippen LogP contribution is 2.49. The quantitative estimate of drug-likeness (QED) is 0.168. The molecule has 10 aromatic carbocycles. The molecule has 13 rings (SSSR count). The molecule has 3 aromatic heterocycles. The predicted octanol–water partition coefficient (Wildman–Crippen LogP) is 14.0. The Hall–Kier alpha value is -8.15. The highest BCUT2D eigenvalue weighted by molar-refractivity contribution is 6.38. The minimum absolute atomic E-state index is 0.565. The van der Waals surface area contributed by atoms with Gasteiger partial charge in [0.15, 0.2) is 11.6 Å². The lowest BCUT2D eigenvalue weighted by molar-refractivity contribution is 0.955. The van der Waals surface area contributed by atoms with E-state index in [1.165, 1.54) is 59.4 Å². The first-order valence-electron chi connectivity index (χ1n) is 20.4. The molecule has 0 fully saturated rings. The third-order valence-corrected chi connectivity index (χ3v) is 12.3. The van der Waals surface area contributed by atoms with E-state index in [2.05, 4.69) is 173 Å². The molecule has 0 bridgehead atoms. The van der Waals surface area contributed by atoms with Gasteiger partial charge >= 0.3 is 0 Å². The van der Waals surface area contributed by atoms with Gasteiger partial charge in [0.2, 0.25) is 5.95 Å². The Morgan fingerprint density at radius 1 is 0.250 bits per heavy atom. The van der Waals surface area contributed by atoms with Crippen molar-refractivity contribution in [3.8, 4) is 34.4 Å². The molecule has 5 heteroatoms. The summed E-state index contributed by atoms with van der Waals surface area (Å²) in [4.78, 5) is 16.1. The first-order chi connectivity index (χ1) is 29.8. The molecule has 0 N–H and O–H groups in total. The van der Waals surface area contributed by atoms with Crippen molar-refractivity contribution in [1.29, 1.82) is 0 Å². The number of para-hydroxylation sites is 1. The number of aromatic nitrogens is 5. The zero-order chi connectivity index (χ0) is 39.3. The smallest absolute Gasteiger partial charge is 0.238 e. The van der Waals surface area contributed by atoms with E-state index in [1.807, 2.05) is 36.4 Å². The SMILES string of the molecule is c1ccc(-c2nc(-c3ccccc3)nc(-n3c4c5ccccc5c5ccccc5c4c4ccc5c6c7ccccc7c7ccccc7c6n(-c6ccccc6)c5c43)n2)cc1. The maximum Gasteiger partial charge on any atom is 0.238 e. The minimum atomic E-state index is 0.565. The van der Waals surface area contributed by atoms with Gasteiger partial charge in [-0.25, -0.2) is 4.98 Å². The Labute approximate surface area is 344 Å². The van der Waals surface area contributed by atoms with Crippen molar-refractivity contribution in [1.82, 2.24) is 24.1 Å². The summed E-state index contributed by atoms with van der Waals surface area (Å²) in [6, 6.07) is 71.3. The largest absolute Gasteiger partial charge is 0.307 e. The van der Waals surface area contributed by atoms with Gasteiger partial charge < -0.3 is 4.57 Å². The van der Waals surface area contributed by atoms with Crippen LogP contribution in [-0.2, 0) is 0 Å². The highest BCUT2D eigenvalue weighted by Gasteiger charge is 2.27. The van der Waals surface area contributed by atoms with Gasteiger partial charge in [-0.3, -0.25) is 4.57 Å². The second-order valence-corrected chi connectivity index (χ2v) is 15.5. The van der Waals surface area contributed by atoms with Crippen LogP contribution in [0.25, 0.3) is 121 Å². The molecule has 0 aliphatic heterocycles. The minimum Gasteiger partial charge on any atom is -0.307 e. The second-order valence-electron chi connectivity index (χ2n) is 15.5. The van der Waals surface area contributed by atoms with Crippen LogP contribution in [0.15, 0.2) is 200 Å². The van der Waals surface area contributed by atoms with Crippen LogP contribution >= 0.6 is 0 Å². The molecule has 278 valence electrons. The van der Waals surface area contributed by atoms with Crippen LogP contribution < -0.4 is 0 Å². The van der Waals surface area contributed by atoms with E-state index >= 15 is 0 Å². The standard InChI is InChI=1S/C55H33N5/c1-4-18-34(19-5-1)53-56-54(35-20-6-2-7-21-35)58-55(57-53)60-50-44-31-17-13-27-40(44)38-25-11-15-29-42(38)48(50)46-33-32-45-47-41-28-14-10-24-37(41)39-26-12-16-30-43(39)49(47)59(51(45)52(46)60)36-22-8-3-9-23-36/h1-33H. The van der Waals surface area contributed by atoms with Gasteiger partial charge in [0.1, 0.15) is 0 Å². The molecule has 13 aromatic rings. The molecule has 0 saturated carbocycles. The number of hydrogen-bond donors (Lipinski definition) is 0. The molecule has 0 aliphatic rings. The lowest BCUT2D eigenvalue weighted by Gasteiger charge is -2.15. The number of nitrogens with zero attached hydrogens (tertiary/aromatic N) is 5. The van der Waals surface area contributed by atoms with Crippen molar-refractivity contribution < 1.29 is 0 Å². The van der Waals surface area contributed by atoms with Gasteiger partial charge in [-0.05, 0) is 44.5 Å². The van der Waals surface area contributed by atoms with E-state index in [1.54, 1.807) is 0 Å². The van der Waals surface area contributed by atoms with Gasteiger partial charge in [-0.1, -0.05) is 188 Å². The monoisotopic (exact) mass is 763 g/mol. The molecule has 5 nitrogen and oxygen atoms in total. The van der Waals surface area contributed by atoms with Gasteiger partial charge in [0.25, 0.3) is 0 Å². The van der Waals surface area contributed by atoms with Gasteiger partial charge in [0.05, 0.1) is 22.1 Å². The zero-order valence-corrected chi connectivity index (χ0v) is 32.3. The number of hydrogen-bond acceptors (Lipinski definition) is 3. The van der Waals surface area contributed by atoms with Gasteiger partial charge in [-0.15, -0.1) is 0 Å². The Balaban J connectivity index is 1.34. The molecule has 0 radical (unpaired) electrons. The van der Waals surface area contributed by atoms with Crippen molar-refractivity contribution >= 4 is 86.7 Å². The molecular weight excluding hydrogens is 731 g/mol. The number of fused-ring (bicyclic) bond motifs is 17. The fraction of sp³-hybridized carbons (Fsp3) is 0. The molecule has 3 heterocycles. The first kappa shape index (κ1) is 32.9. The lowest BCUT2D eigenvalue weighted by Crippen LogP contribution is -2.07. The topological polar surface area (TPSA) is 48.5 Å². The highest BCUT2D eigenvalue weighted by atomic mass is 15.2. The van der Waals surface area contributed by atoms with Crippen molar-refractivity contribution in [2.45, 2.75) is 0 Å². The molecule has 0 amide bonds. The summed E-state index contributed by atoms with van der Waals surface area (Å²) in [6.07, 6.45) is 0. The summed E-state index contributed by atoms with van der Waals surface area (Å²) in [6.45, 7) is 0. The summed E-state index contributed by atoms with van der Waals surface area (Å²) in [5.74, 6) is 1.80. The van der Waals surface area contributed by atoms with Gasteiger partial charge in [0, 0.05) is 49.1 Å². The maximum atomic E-state index is 5.45. The average molecular weight is 764 g/mol. The van der Waals surface area contributed by atoms with Crippen molar-refractivity contribution in [2.75, 3.05) is 0 Å². The summed E-state index contributed by atoms with van der Waals surface area (Å²) < 4.78 is 4.85. The Kier molecular flexibility index (Phi) is 6.95. The van der Waals surface area contributed by atoms with Crippen LogP contribution in [0.3, 0.4) is 0 Å². The Morgan fingerprint density at radius 3 is 1.07 bits per heavy atom. The van der Waals surface area contributed by atoms with Gasteiger partial charge in [-0.2, -0.15) is 9.97 Å². The summed E-state index contributed by atoms with van der Waals surface area (Å²) >= 11 is 0. The number of rotatable bonds is 4. The second kappa shape index (κ2) is 12.7. The van der Waals surface area contributed by atoms with Crippen LogP contribution in [0.4, 0.5) is 0 Å². The molecule has 0 aliphatic carbocycles. The fourth-order valence-corrected chi connectivity index (χ4v) is 9.85. The first-order valence-corrected chi connectivity index (χ1v) is 20.4. The average Bonchev–Trinajstić information content (AvgIpc) is 3.87. The molecule has 60 heavy (non-hydrogen) atoms. The fourth-order valence-electron chi connectivity index (χ4n) is 9.85. The molecule has 0 atom stereocenters. The summed E-state index contributed by atoms with van der Waals surface area (Å²) in [5, 5.41) is 14.3. The lowest BCUT2D eigenvalue weighted by atomic mass is 9.95. The molecular formula is C55H33N5. The third kappa shape index (κ3) is 4.60. The normalized spacial score (nSPS) is 12.0. The van der Waals surface area contributed by atoms with E-state index in [-0.39, 0.29) is 0 Å². The molecule has 0 spiro atoms.